The summed E-state index contributed by atoms with van der Waals surface area (Å²) in [5.41, 5.74) is 6.64. The highest BCUT2D eigenvalue weighted by molar-refractivity contribution is 5.39. The van der Waals surface area contributed by atoms with Gasteiger partial charge >= 0.3 is 0 Å². The Bertz CT molecular complexity index is 410. The summed E-state index contributed by atoms with van der Waals surface area (Å²) >= 11 is 0. The van der Waals surface area contributed by atoms with Crippen LogP contribution in [-0.4, -0.2) is 10.2 Å². The predicted molar refractivity (Wildman–Crippen MR) is 60.2 cm³/mol. The van der Waals surface area contributed by atoms with Crippen LogP contribution in [0.4, 0.5) is 11.6 Å². The SMILES string of the molecule is Nc1ccc(NCc2ccccc2)nn1. The third kappa shape index (κ3) is 2.67. The second-order valence-corrected chi connectivity index (χ2v) is 3.18. The molecule has 0 atom stereocenters. The van der Waals surface area contributed by atoms with Crippen LogP contribution in [0.5, 0.6) is 0 Å². The summed E-state index contributed by atoms with van der Waals surface area (Å²) in [5.74, 6) is 1.16. The largest absolute Gasteiger partial charge is 0.382 e. The van der Waals surface area contributed by atoms with Crippen LogP contribution in [0.2, 0.25) is 0 Å². The van der Waals surface area contributed by atoms with Crippen LogP contribution < -0.4 is 11.1 Å². The maximum absolute atomic E-state index is 5.43. The molecular weight excluding hydrogens is 188 g/mol. The molecule has 0 spiro atoms. The Labute approximate surface area is 88.2 Å². The van der Waals surface area contributed by atoms with Crippen molar-refractivity contribution in [3.05, 3.63) is 48.0 Å². The number of hydrogen-bond acceptors (Lipinski definition) is 4. The molecule has 0 fully saturated rings. The number of hydrogen-bond donors (Lipinski definition) is 2. The number of nitrogens with one attached hydrogen (secondary N) is 1. The molecule has 0 aliphatic heterocycles. The molecule has 0 saturated carbocycles. The summed E-state index contributed by atoms with van der Waals surface area (Å²) in [4.78, 5) is 0. The van der Waals surface area contributed by atoms with Crippen LogP contribution in [0.1, 0.15) is 5.56 Å². The van der Waals surface area contributed by atoms with Gasteiger partial charge in [0, 0.05) is 6.54 Å². The minimum absolute atomic E-state index is 0.431. The zero-order chi connectivity index (χ0) is 10.5. The van der Waals surface area contributed by atoms with Crippen LogP contribution in [0, 0.1) is 0 Å². The lowest BCUT2D eigenvalue weighted by Gasteiger charge is -2.04. The van der Waals surface area contributed by atoms with E-state index in [1.54, 1.807) is 6.07 Å². The zero-order valence-electron chi connectivity index (χ0n) is 8.22. The minimum Gasteiger partial charge on any atom is -0.382 e. The van der Waals surface area contributed by atoms with E-state index in [-0.39, 0.29) is 0 Å². The summed E-state index contributed by atoms with van der Waals surface area (Å²) in [6.45, 7) is 0.736. The van der Waals surface area contributed by atoms with E-state index in [1.807, 2.05) is 24.3 Å². The number of nitrogens with zero attached hydrogens (tertiary/aromatic N) is 2. The van der Waals surface area contributed by atoms with Crippen molar-refractivity contribution in [2.45, 2.75) is 6.54 Å². The first-order valence-corrected chi connectivity index (χ1v) is 4.71. The topological polar surface area (TPSA) is 63.8 Å². The molecule has 4 nitrogen and oxygen atoms in total. The van der Waals surface area contributed by atoms with E-state index < -0.39 is 0 Å². The van der Waals surface area contributed by atoms with Gasteiger partial charge < -0.3 is 11.1 Å². The van der Waals surface area contributed by atoms with Crippen molar-refractivity contribution < 1.29 is 0 Å². The molecule has 2 aromatic rings. The quantitative estimate of drug-likeness (QED) is 0.791. The molecule has 0 radical (unpaired) electrons. The highest BCUT2D eigenvalue weighted by Crippen LogP contribution is 2.05. The normalized spacial score (nSPS) is 9.87. The minimum atomic E-state index is 0.431. The molecule has 0 aliphatic rings. The molecule has 1 aromatic carbocycles. The van der Waals surface area contributed by atoms with Gasteiger partial charge in [-0.1, -0.05) is 30.3 Å². The molecule has 2 rings (SSSR count). The van der Waals surface area contributed by atoms with Crippen molar-refractivity contribution in [3.8, 4) is 0 Å². The van der Waals surface area contributed by atoms with Crippen LogP contribution in [0.15, 0.2) is 42.5 Å². The van der Waals surface area contributed by atoms with E-state index in [4.69, 9.17) is 5.73 Å². The molecule has 0 unspecified atom stereocenters. The number of rotatable bonds is 3. The van der Waals surface area contributed by atoms with Crippen molar-refractivity contribution in [1.29, 1.82) is 0 Å². The second kappa shape index (κ2) is 4.41. The lowest BCUT2D eigenvalue weighted by molar-refractivity contribution is 1.01. The van der Waals surface area contributed by atoms with Crippen LogP contribution in [-0.2, 0) is 6.54 Å². The van der Waals surface area contributed by atoms with Gasteiger partial charge in [-0.25, -0.2) is 0 Å². The fourth-order valence-electron chi connectivity index (χ4n) is 1.23. The van der Waals surface area contributed by atoms with Crippen LogP contribution in [0.25, 0.3) is 0 Å². The highest BCUT2D eigenvalue weighted by Gasteiger charge is 1.94. The Kier molecular flexibility index (Phi) is 2.78. The standard InChI is InChI=1S/C11H12N4/c12-10-6-7-11(15-14-10)13-8-9-4-2-1-3-5-9/h1-7H,8H2,(H2,12,14)(H,13,15). The third-order valence-electron chi connectivity index (χ3n) is 2.00. The van der Waals surface area contributed by atoms with Gasteiger partial charge in [0.05, 0.1) is 0 Å². The molecule has 0 aliphatic carbocycles. The predicted octanol–water partition coefficient (Wildman–Crippen LogP) is 1.67. The van der Waals surface area contributed by atoms with E-state index in [2.05, 4.69) is 27.6 Å². The molecule has 4 heteroatoms. The molecule has 76 valence electrons. The molecule has 0 bridgehead atoms. The van der Waals surface area contributed by atoms with E-state index in [0.717, 1.165) is 12.4 Å². The summed E-state index contributed by atoms with van der Waals surface area (Å²) in [5, 5.41) is 10.8. The first kappa shape index (κ1) is 9.45. The average Bonchev–Trinajstić information content (AvgIpc) is 2.30. The molecule has 1 heterocycles. The fraction of sp³-hybridized carbons (Fsp3) is 0.0909. The molecular formula is C11H12N4. The number of aromatic nitrogens is 2. The second-order valence-electron chi connectivity index (χ2n) is 3.18. The Morgan fingerprint density at radius 2 is 1.80 bits per heavy atom. The van der Waals surface area contributed by atoms with Crippen LogP contribution >= 0.6 is 0 Å². The highest BCUT2D eigenvalue weighted by atomic mass is 15.2. The Morgan fingerprint density at radius 1 is 1.00 bits per heavy atom. The van der Waals surface area contributed by atoms with Gasteiger partial charge in [0.25, 0.3) is 0 Å². The summed E-state index contributed by atoms with van der Waals surface area (Å²) in [6.07, 6.45) is 0. The first-order chi connectivity index (χ1) is 7.34. The third-order valence-corrected chi connectivity index (χ3v) is 2.00. The van der Waals surface area contributed by atoms with Gasteiger partial charge in [-0.15, -0.1) is 10.2 Å². The lowest BCUT2D eigenvalue weighted by Crippen LogP contribution is -2.03. The van der Waals surface area contributed by atoms with Crippen molar-refractivity contribution in [3.63, 3.8) is 0 Å². The summed E-state index contributed by atoms with van der Waals surface area (Å²) < 4.78 is 0. The fourth-order valence-corrected chi connectivity index (χ4v) is 1.23. The smallest absolute Gasteiger partial charge is 0.149 e. The number of nitrogen functional groups attached to an aromatic ring is 1. The maximum Gasteiger partial charge on any atom is 0.149 e. The molecule has 0 amide bonds. The van der Waals surface area contributed by atoms with Crippen molar-refractivity contribution in [1.82, 2.24) is 10.2 Å². The van der Waals surface area contributed by atoms with Gasteiger partial charge in [0.1, 0.15) is 11.6 Å². The van der Waals surface area contributed by atoms with E-state index in [0.29, 0.717) is 5.82 Å². The molecule has 0 saturated heterocycles. The summed E-state index contributed by atoms with van der Waals surface area (Å²) in [7, 11) is 0. The van der Waals surface area contributed by atoms with E-state index >= 15 is 0 Å². The van der Waals surface area contributed by atoms with Gasteiger partial charge in [0.2, 0.25) is 0 Å². The maximum atomic E-state index is 5.43. The number of benzene rings is 1. The van der Waals surface area contributed by atoms with E-state index in [9.17, 15) is 0 Å². The number of nitrogens with two attached hydrogens (primary N) is 1. The van der Waals surface area contributed by atoms with Gasteiger partial charge in [-0.3, -0.25) is 0 Å². The number of anilines is 2. The van der Waals surface area contributed by atoms with Crippen LogP contribution in [0.3, 0.4) is 0 Å². The Balaban J connectivity index is 1.96. The zero-order valence-corrected chi connectivity index (χ0v) is 8.22. The van der Waals surface area contributed by atoms with Crippen molar-refractivity contribution >= 4 is 11.6 Å². The van der Waals surface area contributed by atoms with Gasteiger partial charge in [0.15, 0.2) is 0 Å². The van der Waals surface area contributed by atoms with Gasteiger partial charge in [-0.05, 0) is 17.7 Å². The van der Waals surface area contributed by atoms with Crippen molar-refractivity contribution in [2.75, 3.05) is 11.1 Å². The Hall–Kier alpha value is -2.10. The monoisotopic (exact) mass is 200 g/mol. The van der Waals surface area contributed by atoms with Crippen molar-refractivity contribution in [2.24, 2.45) is 0 Å². The molecule has 3 N–H and O–H groups in total. The summed E-state index contributed by atoms with van der Waals surface area (Å²) in [6, 6.07) is 13.6. The first-order valence-electron chi connectivity index (χ1n) is 4.71. The lowest BCUT2D eigenvalue weighted by atomic mass is 10.2. The average molecular weight is 200 g/mol. The van der Waals surface area contributed by atoms with E-state index in [1.165, 1.54) is 5.56 Å². The molecule has 15 heavy (non-hydrogen) atoms. The van der Waals surface area contributed by atoms with Gasteiger partial charge in [-0.2, -0.15) is 0 Å². The Morgan fingerprint density at radius 3 is 2.47 bits per heavy atom. The molecule has 1 aromatic heterocycles.